The van der Waals surface area contributed by atoms with E-state index in [2.05, 4.69) is 10.0 Å². The van der Waals surface area contributed by atoms with E-state index < -0.39 is 15.6 Å². The number of anilines is 1. The quantitative estimate of drug-likeness (QED) is 0.711. The van der Waals surface area contributed by atoms with Crippen LogP contribution in [0.4, 0.5) is 5.69 Å². The van der Waals surface area contributed by atoms with Crippen LogP contribution < -0.4 is 15.8 Å². The molecule has 21 heavy (non-hydrogen) atoms. The van der Waals surface area contributed by atoms with Crippen LogP contribution in [0, 0.1) is 0 Å². The molecule has 0 bridgehead atoms. The third kappa shape index (κ3) is 3.59. The largest absolute Gasteiger partial charge is 0.379 e. The summed E-state index contributed by atoms with van der Waals surface area (Å²) in [6.07, 6.45) is 0.464. The van der Waals surface area contributed by atoms with Gasteiger partial charge in [-0.25, -0.2) is 13.1 Å². The average molecular weight is 313 g/mol. The summed E-state index contributed by atoms with van der Waals surface area (Å²) in [4.78, 5) is 12.2. The monoisotopic (exact) mass is 313 g/mol. The third-order valence-electron chi connectivity index (χ3n) is 3.26. The van der Waals surface area contributed by atoms with E-state index in [-0.39, 0.29) is 17.4 Å². The van der Waals surface area contributed by atoms with Crippen LogP contribution in [-0.4, -0.2) is 39.6 Å². The molecule has 1 aromatic carbocycles. The van der Waals surface area contributed by atoms with Gasteiger partial charge in [0.25, 0.3) is 0 Å². The minimum Gasteiger partial charge on any atom is -0.379 e. The van der Waals surface area contributed by atoms with Crippen LogP contribution in [-0.2, 0) is 19.6 Å². The van der Waals surface area contributed by atoms with Crippen LogP contribution in [0.3, 0.4) is 0 Å². The van der Waals surface area contributed by atoms with E-state index in [1.54, 1.807) is 6.92 Å². The molecule has 7 nitrogen and oxygen atoms in total. The van der Waals surface area contributed by atoms with Crippen molar-refractivity contribution in [3.05, 3.63) is 24.3 Å². The Morgan fingerprint density at radius 3 is 2.57 bits per heavy atom. The summed E-state index contributed by atoms with van der Waals surface area (Å²) in [6.45, 7) is 2.67. The smallest absolute Gasteiger partial charge is 0.246 e. The lowest BCUT2D eigenvalue weighted by Gasteiger charge is -2.20. The van der Waals surface area contributed by atoms with Gasteiger partial charge in [0.2, 0.25) is 15.9 Å². The number of benzene rings is 1. The van der Waals surface area contributed by atoms with Gasteiger partial charge in [0.05, 0.1) is 11.5 Å². The van der Waals surface area contributed by atoms with Crippen molar-refractivity contribution >= 4 is 21.6 Å². The molecular formula is C13H19N3O4S. The summed E-state index contributed by atoms with van der Waals surface area (Å²) in [5, 5.41) is 2.68. The van der Waals surface area contributed by atoms with E-state index in [4.69, 9.17) is 10.5 Å². The zero-order valence-corrected chi connectivity index (χ0v) is 12.6. The maximum Gasteiger partial charge on any atom is 0.246 e. The number of nitrogens with two attached hydrogens (primary N) is 1. The fourth-order valence-corrected chi connectivity index (χ4v) is 3.05. The predicted molar refractivity (Wildman–Crippen MR) is 78.3 cm³/mol. The fourth-order valence-electron chi connectivity index (χ4n) is 2.01. The van der Waals surface area contributed by atoms with Gasteiger partial charge in [-0.05, 0) is 30.7 Å². The van der Waals surface area contributed by atoms with E-state index in [9.17, 15) is 13.2 Å². The van der Waals surface area contributed by atoms with Gasteiger partial charge in [-0.1, -0.05) is 6.92 Å². The molecule has 0 aromatic heterocycles. The molecule has 0 radical (unpaired) electrons. The molecule has 116 valence electrons. The van der Waals surface area contributed by atoms with Crippen LogP contribution in [0.2, 0.25) is 0 Å². The summed E-state index contributed by atoms with van der Waals surface area (Å²) in [6, 6.07) is 5.92. The maximum atomic E-state index is 12.1. The Morgan fingerprint density at radius 1 is 1.38 bits per heavy atom. The molecule has 4 N–H and O–H groups in total. The minimum absolute atomic E-state index is 0.147. The number of nitrogens with one attached hydrogen (secondary N) is 2. The van der Waals surface area contributed by atoms with Gasteiger partial charge in [0.1, 0.15) is 5.54 Å². The zero-order chi connectivity index (χ0) is 15.5. The van der Waals surface area contributed by atoms with Crippen molar-refractivity contribution in [3.8, 4) is 0 Å². The molecule has 0 saturated carbocycles. The Kier molecular flexibility index (Phi) is 4.62. The standard InChI is InChI=1S/C13H19N3O4S/c1-2-15-21(18,19)11-5-3-10(4-6-11)16-12(17)13(14)7-8-20-9-13/h3-6,15H,2,7-9,14H2,1H3,(H,16,17). The molecule has 1 fully saturated rings. The number of amides is 1. The van der Waals surface area contributed by atoms with E-state index in [0.29, 0.717) is 25.3 Å². The van der Waals surface area contributed by atoms with Crippen LogP contribution in [0.15, 0.2) is 29.2 Å². The molecular weight excluding hydrogens is 294 g/mol. The van der Waals surface area contributed by atoms with E-state index in [1.807, 2.05) is 0 Å². The topological polar surface area (TPSA) is 111 Å². The molecule has 1 saturated heterocycles. The van der Waals surface area contributed by atoms with Crippen molar-refractivity contribution in [2.24, 2.45) is 5.73 Å². The Balaban J connectivity index is 2.08. The summed E-state index contributed by atoms with van der Waals surface area (Å²) in [7, 11) is -3.49. The Morgan fingerprint density at radius 2 is 2.05 bits per heavy atom. The highest BCUT2D eigenvalue weighted by atomic mass is 32.2. The van der Waals surface area contributed by atoms with Crippen LogP contribution >= 0.6 is 0 Å². The average Bonchev–Trinajstić information content (AvgIpc) is 2.88. The number of carbonyl (C=O) groups is 1. The summed E-state index contributed by atoms with van der Waals surface area (Å²) in [5.74, 6) is -0.331. The highest BCUT2D eigenvalue weighted by Gasteiger charge is 2.38. The Hall–Kier alpha value is -1.48. The number of ether oxygens (including phenoxy) is 1. The van der Waals surface area contributed by atoms with Gasteiger partial charge in [0, 0.05) is 18.8 Å². The molecule has 1 aliphatic heterocycles. The van der Waals surface area contributed by atoms with Crippen molar-refractivity contribution in [2.75, 3.05) is 25.1 Å². The number of carbonyl (C=O) groups excluding carboxylic acids is 1. The lowest BCUT2D eigenvalue weighted by molar-refractivity contribution is -0.121. The van der Waals surface area contributed by atoms with Gasteiger partial charge in [0.15, 0.2) is 0 Å². The highest BCUT2D eigenvalue weighted by molar-refractivity contribution is 7.89. The lowest BCUT2D eigenvalue weighted by Crippen LogP contribution is -2.51. The Bertz CT molecular complexity index is 607. The SMILES string of the molecule is CCNS(=O)(=O)c1ccc(NC(=O)C2(N)CCOC2)cc1. The Labute approximate surface area is 123 Å². The highest BCUT2D eigenvalue weighted by Crippen LogP contribution is 2.19. The van der Waals surface area contributed by atoms with Gasteiger partial charge >= 0.3 is 0 Å². The van der Waals surface area contributed by atoms with Gasteiger partial charge < -0.3 is 15.8 Å². The van der Waals surface area contributed by atoms with Crippen molar-refractivity contribution < 1.29 is 17.9 Å². The summed E-state index contributed by atoms with van der Waals surface area (Å²) >= 11 is 0. The third-order valence-corrected chi connectivity index (χ3v) is 4.82. The molecule has 1 aromatic rings. The molecule has 0 spiro atoms. The number of hydrogen-bond acceptors (Lipinski definition) is 5. The van der Waals surface area contributed by atoms with E-state index in [1.165, 1.54) is 24.3 Å². The number of hydrogen-bond donors (Lipinski definition) is 3. The zero-order valence-electron chi connectivity index (χ0n) is 11.8. The van der Waals surface area contributed by atoms with Crippen LogP contribution in [0.25, 0.3) is 0 Å². The summed E-state index contributed by atoms with van der Waals surface area (Å²) in [5.41, 5.74) is 5.42. The molecule has 8 heteroatoms. The first-order valence-corrected chi connectivity index (χ1v) is 8.13. The van der Waals surface area contributed by atoms with Crippen molar-refractivity contribution in [1.82, 2.24) is 4.72 Å². The van der Waals surface area contributed by atoms with Gasteiger partial charge in [-0.3, -0.25) is 4.79 Å². The normalized spacial score (nSPS) is 22.2. The first kappa shape index (κ1) is 15.9. The van der Waals surface area contributed by atoms with E-state index in [0.717, 1.165) is 0 Å². The summed E-state index contributed by atoms with van der Waals surface area (Å²) < 4.78 is 31.1. The van der Waals surface area contributed by atoms with Gasteiger partial charge in [-0.2, -0.15) is 0 Å². The van der Waals surface area contributed by atoms with E-state index >= 15 is 0 Å². The maximum absolute atomic E-state index is 12.1. The lowest BCUT2D eigenvalue weighted by atomic mass is 9.99. The molecule has 1 heterocycles. The fraction of sp³-hybridized carbons (Fsp3) is 0.462. The van der Waals surface area contributed by atoms with Crippen LogP contribution in [0.5, 0.6) is 0 Å². The second-order valence-corrected chi connectivity index (χ2v) is 6.71. The number of sulfonamides is 1. The molecule has 1 atom stereocenters. The second-order valence-electron chi connectivity index (χ2n) is 4.94. The van der Waals surface area contributed by atoms with Crippen molar-refractivity contribution in [1.29, 1.82) is 0 Å². The second kappa shape index (κ2) is 6.10. The first-order chi connectivity index (χ1) is 9.87. The number of rotatable bonds is 5. The molecule has 1 aliphatic rings. The minimum atomic E-state index is -3.49. The molecule has 1 unspecified atom stereocenters. The predicted octanol–water partition coefficient (Wildman–Crippen LogP) is 0.0411. The molecule has 2 rings (SSSR count). The van der Waals surface area contributed by atoms with Crippen molar-refractivity contribution in [2.45, 2.75) is 23.8 Å². The first-order valence-electron chi connectivity index (χ1n) is 6.65. The molecule has 0 aliphatic carbocycles. The van der Waals surface area contributed by atoms with Crippen LogP contribution in [0.1, 0.15) is 13.3 Å². The van der Waals surface area contributed by atoms with Gasteiger partial charge in [-0.15, -0.1) is 0 Å². The molecule has 1 amide bonds. The van der Waals surface area contributed by atoms with Crippen molar-refractivity contribution in [3.63, 3.8) is 0 Å².